The number of hydrogen-bond acceptors (Lipinski definition) is 12. The normalized spacial score (nSPS) is 13.5. The van der Waals surface area contributed by atoms with E-state index in [0.717, 1.165) is 31.7 Å². The van der Waals surface area contributed by atoms with Crippen LogP contribution in [-0.2, 0) is 39.9 Å². The monoisotopic (exact) mass is 826 g/mol. The predicted molar refractivity (Wildman–Crippen MR) is 222 cm³/mol. The molecule has 1 rings (SSSR count). The maximum absolute atomic E-state index is 13.5. The number of ether oxygens (including phenoxy) is 3. The number of thiazole rings is 1. The lowest BCUT2D eigenvalue weighted by Gasteiger charge is -2.25. The van der Waals surface area contributed by atoms with Crippen molar-refractivity contribution in [2.24, 2.45) is 5.92 Å². The van der Waals surface area contributed by atoms with Crippen LogP contribution in [-0.4, -0.2) is 84.2 Å². The van der Waals surface area contributed by atoms with Crippen molar-refractivity contribution in [2.75, 3.05) is 12.4 Å². The fourth-order valence-corrected chi connectivity index (χ4v) is 6.99. The Morgan fingerprint density at radius 1 is 1.00 bits per heavy atom. The SMILES string of the molecule is CCCCCCCC(=O)SCC/C=C/[C@H](CC(=O)OCC[Si](C)(C)C)OC(=O)[C@@H](NC(=O)C(CC)NC(=O)c1csc(CNC(=O)OC(C)(C)C)n1)C(C)C. The maximum atomic E-state index is 13.5. The van der Waals surface area contributed by atoms with E-state index in [-0.39, 0.29) is 42.7 Å². The fraction of sp³-hybridized carbons (Fsp3) is 0.718. The summed E-state index contributed by atoms with van der Waals surface area (Å²) in [5.41, 5.74) is -0.582. The molecule has 1 unspecified atom stereocenters. The number of amides is 3. The molecule has 3 amide bonds. The average molecular weight is 827 g/mol. The Hall–Kier alpha value is -3.24. The van der Waals surface area contributed by atoms with Crippen LogP contribution in [0.25, 0.3) is 0 Å². The van der Waals surface area contributed by atoms with E-state index in [1.165, 1.54) is 34.9 Å². The van der Waals surface area contributed by atoms with E-state index in [2.05, 4.69) is 47.5 Å². The Bertz CT molecular complexity index is 1410. The Balaban J connectivity index is 2.90. The number of allylic oxidation sites excluding steroid dienone is 1. The van der Waals surface area contributed by atoms with Crippen molar-refractivity contribution in [1.29, 1.82) is 0 Å². The number of unbranched alkanes of at least 4 members (excludes halogenated alkanes) is 4. The number of hydrogen-bond donors (Lipinski definition) is 3. The van der Waals surface area contributed by atoms with E-state index in [4.69, 9.17) is 14.2 Å². The summed E-state index contributed by atoms with van der Waals surface area (Å²) in [5.74, 6) is -2.23. The molecule has 1 heterocycles. The number of thioether (sulfide) groups is 1. The van der Waals surface area contributed by atoms with Gasteiger partial charge in [0, 0.05) is 25.6 Å². The van der Waals surface area contributed by atoms with Gasteiger partial charge in [0.1, 0.15) is 34.5 Å². The molecule has 3 N–H and O–H groups in total. The Morgan fingerprint density at radius 2 is 1.69 bits per heavy atom. The molecule has 0 fully saturated rings. The number of esters is 2. The molecule has 55 heavy (non-hydrogen) atoms. The minimum Gasteiger partial charge on any atom is -0.466 e. The molecule has 0 aliphatic heterocycles. The summed E-state index contributed by atoms with van der Waals surface area (Å²) in [6.07, 6.45) is 8.39. The van der Waals surface area contributed by atoms with Crippen LogP contribution in [0.1, 0.15) is 122 Å². The van der Waals surface area contributed by atoms with Crippen LogP contribution in [0.15, 0.2) is 17.5 Å². The molecular weight excluding hydrogens is 761 g/mol. The van der Waals surface area contributed by atoms with Crippen LogP contribution < -0.4 is 16.0 Å². The second-order valence-corrected chi connectivity index (χ2v) is 23.7. The number of nitrogens with one attached hydrogen (secondary N) is 3. The first kappa shape index (κ1) is 49.8. The molecule has 0 aliphatic rings. The fourth-order valence-electron chi connectivity index (χ4n) is 4.79. The zero-order valence-electron chi connectivity index (χ0n) is 34.7. The lowest BCUT2D eigenvalue weighted by molar-refractivity contribution is -0.156. The summed E-state index contributed by atoms with van der Waals surface area (Å²) in [6.45, 7) is 19.5. The number of carbonyl (C=O) groups is 6. The molecule has 0 spiro atoms. The molecular formula is C39H66N4O9S2Si. The highest BCUT2D eigenvalue weighted by Gasteiger charge is 2.31. The standard InChI is InChI=1S/C39H66N4O9S2Si/c1-11-13-14-15-16-20-33(45)53-22-18-17-19-28(24-32(44)50-21-23-55(8,9)10)51-37(48)34(27(3)4)43-35(46)29(12-2)42-36(47)30-26-54-31(41-30)25-40-38(49)52-39(5,6)7/h17,19,26-29,34H,11-16,18,20-25H2,1-10H3,(H,40,49)(H,42,47)(H,43,46)/b19-17+/t28-,29?,34+/m1/s1. The first-order chi connectivity index (χ1) is 25.7. The lowest BCUT2D eigenvalue weighted by Crippen LogP contribution is -2.53. The van der Waals surface area contributed by atoms with E-state index in [9.17, 15) is 28.8 Å². The Labute approximate surface area is 337 Å². The molecule has 0 saturated heterocycles. The van der Waals surface area contributed by atoms with Gasteiger partial charge in [-0.1, -0.05) is 90.9 Å². The third-order valence-corrected chi connectivity index (χ3v) is 11.5. The highest BCUT2D eigenvalue weighted by Crippen LogP contribution is 2.16. The summed E-state index contributed by atoms with van der Waals surface area (Å²) in [7, 11) is -1.44. The predicted octanol–water partition coefficient (Wildman–Crippen LogP) is 7.57. The zero-order chi connectivity index (χ0) is 41.6. The van der Waals surface area contributed by atoms with Gasteiger partial charge in [0.25, 0.3) is 5.91 Å². The molecule has 0 saturated carbocycles. The minimum atomic E-state index is -1.44. The number of nitrogens with zero attached hydrogens (tertiary/aromatic N) is 1. The summed E-state index contributed by atoms with van der Waals surface area (Å²) in [5, 5.41) is 10.1. The Morgan fingerprint density at radius 3 is 2.31 bits per heavy atom. The first-order valence-corrected chi connectivity index (χ1v) is 25.0. The topological polar surface area (TPSA) is 179 Å². The minimum absolute atomic E-state index is 0.0625. The second-order valence-electron chi connectivity index (χ2n) is 16.0. The molecule has 3 atom stereocenters. The van der Waals surface area contributed by atoms with E-state index in [0.29, 0.717) is 23.6 Å². The highest BCUT2D eigenvalue weighted by atomic mass is 32.2. The van der Waals surface area contributed by atoms with Crippen molar-refractivity contribution in [1.82, 2.24) is 20.9 Å². The van der Waals surface area contributed by atoms with Crippen LogP contribution in [0.3, 0.4) is 0 Å². The summed E-state index contributed by atoms with van der Waals surface area (Å²) < 4.78 is 16.5. The van der Waals surface area contributed by atoms with Crippen LogP contribution in [0.4, 0.5) is 4.79 Å². The van der Waals surface area contributed by atoms with Gasteiger partial charge in [0.15, 0.2) is 5.12 Å². The van der Waals surface area contributed by atoms with Crippen LogP contribution in [0.5, 0.6) is 0 Å². The van der Waals surface area contributed by atoms with Gasteiger partial charge in [-0.15, -0.1) is 11.3 Å². The average Bonchev–Trinajstić information content (AvgIpc) is 3.56. The summed E-state index contributed by atoms with van der Waals surface area (Å²) in [6, 6.07) is -1.26. The summed E-state index contributed by atoms with van der Waals surface area (Å²) >= 11 is 2.45. The number of carbonyl (C=O) groups excluding carboxylic acids is 6. The molecule has 0 bridgehead atoms. The third-order valence-electron chi connectivity index (χ3n) is 7.95. The van der Waals surface area contributed by atoms with Gasteiger partial charge >= 0.3 is 18.0 Å². The molecule has 13 nitrogen and oxygen atoms in total. The van der Waals surface area contributed by atoms with Gasteiger partial charge < -0.3 is 30.2 Å². The van der Waals surface area contributed by atoms with E-state index >= 15 is 0 Å². The van der Waals surface area contributed by atoms with Crippen molar-refractivity contribution >= 4 is 66.1 Å². The highest BCUT2D eigenvalue weighted by molar-refractivity contribution is 8.13. The lowest BCUT2D eigenvalue weighted by atomic mass is 10.0. The van der Waals surface area contributed by atoms with E-state index in [1.807, 2.05) is 0 Å². The van der Waals surface area contributed by atoms with Gasteiger partial charge in [0.2, 0.25) is 5.91 Å². The van der Waals surface area contributed by atoms with Crippen molar-refractivity contribution in [3.63, 3.8) is 0 Å². The van der Waals surface area contributed by atoms with Gasteiger partial charge in [-0.2, -0.15) is 0 Å². The maximum Gasteiger partial charge on any atom is 0.408 e. The number of aromatic nitrogens is 1. The van der Waals surface area contributed by atoms with Crippen molar-refractivity contribution in [2.45, 2.75) is 162 Å². The van der Waals surface area contributed by atoms with Crippen molar-refractivity contribution in [3.05, 3.63) is 28.2 Å². The third kappa shape index (κ3) is 23.4. The van der Waals surface area contributed by atoms with Crippen LogP contribution in [0, 0.1) is 5.92 Å². The van der Waals surface area contributed by atoms with Gasteiger partial charge in [-0.25, -0.2) is 14.6 Å². The van der Waals surface area contributed by atoms with Crippen LogP contribution in [0.2, 0.25) is 25.7 Å². The van der Waals surface area contributed by atoms with Crippen molar-refractivity contribution in [3.8, 4) is 0 Å². The largest absolute Gasteiger partial charge is 0.466 e. The first-order valence-electron chi connectivity index (χ1n) is 19.5. The Kier molecular flexibility index (Phi) is 23.4. The van der Waals surface area contributed by atoms with Gasteiger partial charge in [-0.3, -0.25) is 19.2 Å². The number of rotatable bonds is 25. The molecule has 1 aromatic heterocycles. The second kappa shape index (κ2) is 25.8. The molecule has 0 aliphatic carbocycles. The van der Waals surface area contributed by atoms with E-state index < -0.39 is 61.7 Å². The number of alkyl carbamates (subject to hydrolysis) is 1. The quantitative estimate of drug-likeness (QED) is 0.0291. The molecule has 0 aromatic carbocycles. The zero-order valence-corrected chi connectivity index (χ0v) is 37.3. The van der Waals surface area contributed by atoms with Gasteiger partial charge in [-0.05, 0) is 58.1 Å². The van der Waals surface area contributed by atoms with E-state index in [1.54, 1.807) is 53.7 Å². The van der Waals surface area contributed by atoms with Crippen molar-refractivity contribution < 1.29 is 43.0 Å². The summed E-state index contributed by atoms with van der Waals surface area (Å²) in [4.78, 5) is 81.3. The van der Waals surface area contributed by atoms with Gasteiger partial charge in [0.05, 0.1) is 19.6 Å². The van der Waals surface area contributed by atoms with Crippen LogP contribution >= 0.6 is 23.1 Å². The molecule has 312 valence electrons. The molecule has 0 radical (unpaired) electrons. The smallest absolute Gasteiger partial charge is 0.408 e. The molecule has 16 heteroatoms. The molecule has 1 aromatic rings.